The van der Waals surface area contributed by atoms with E-state index in [0.29, 0.717) is 22.2 Å². The van der Waals surface area contributed by atoms with E-state index in [4.69, 9.17) is 28.3 Å². The molecule has 0 unspecified atom stereocenters. The lowest BCUT2D eigenvalue weighted by Gasteiger charge is -2.13. The summed E-state index contributed by atoms with van der Waals surface area (Å²) in [6.07, 6.45) is 4.15. The molecule has 5 rings (SSSR count). The van der Waals surface area contributed by atoms with Crippen LogP contribution >= 0.6 is 23.2 Å². The first-order valence-corrected chi connectivity index (χ1v) is 11.1. The maximum absolute atomic E-state index is 13.0. The van der Waals surface area contributed by atoms with E-state index >= 15 is 0 Å². The molecule has 0 spiro atoms. The molecule has 6 nitrogen and oxygen atoms in total. The van der Waals surface area contributed by atoms with Crippen molar-refractivity contribution in [2.75, 3.05) is 19.6 Å². The zero-order chi connectivity index (χ0) is 21.4. The monoisotopic (exact) mass is 453 g/mol. The van der Waals surface area contributed by atoms with E-state index in [1.54, 1.807) is 6.20 Å². The Labute approximate surface area is 189 Å². The van der Waals surface area contributed by atoms with Gasteiger partial charge in [0.05, 0.1) is 12.7 Å². The molecule has 0 N–H and O–H groups in total. The SMILES string of the molecule is O=c1n(CCN2CCCC2)nc2c(-c3ccc(Cl)cc3)c(-c3ccc(Cl)cc3)cnn12. The Morgan fingerprint density at radius 2 is 1.45 bits per heavy atom. The summed E-state index contributed by atoms with van der Waals surface area (Å²) in [5.74, 6) is 0. The maximum Gasteiger partial charge on any atom is 0.367 e. The van der Waals surface area contributed by atoms with E-state index < -0.39 is 0 Å². The van der Waals surface area contributed by atoms with Gasteiger partial charge >= 0.3 is 5.69 Å². The first kappa shape index (κ1) is 20.2. The highest BCUT2D eigenvalue weighted by atomic mass is 35.5. The minimum atomic E-state index is -0.230. The lowest BCUT2D eigenvalue weighted by molar-refractivity contribution is 0.313. The predicted molar refractivity (Wildman–Crippen MR) is 124 cm³/mol. The van der Waals surface area contributed by atoms with Crippen LogP contribution in [0, 0.1) is 0 Å². The Balaban J connectivity index is 1.66. The summed E-state index contributed by atoms with van der Waals surface area (Å²) < 4.78 is 2.90. The van der Waals surface area contributed by atoms with Gasteiger partial charge in [0.1, 0.15) is 0 Å². The molecule has 4 aromatic rings. The van der Waals surface area contributed by atoms with Gasteiger partial charge in [-0.3, -0.25) is 0 Å². The Bertz CT molecular complexity index is 1270. The van der Waals surface area contributed by atoms with E-state index in [1.807, 2.05) is 48.5 Å². The molecule has 1 aliphatic rings. The second-order valence-corrected chi connectivity index (χ2v) is 8.61. The summed E-state index contributed by atoms with van der Waals surface area (Å²) in [6, 6.07) is 15.1. The van der Waals surface area contributed by atoms with Crippen LogP contribution in [-0.4, -0.2) is 43.9 Å². The number of rotatable bonds is 5. The van der Waals surface area contributed by atoms with E-state index in [9.17, 15) is 4.79 Å². The normalized spacial score (nSPS) is 14.5. The molecule has 0 saturated carbocycles. The van der Waals surface area contributed by atoms with Crippen molar-refractivity contribution in [3.63, 3.8) is 0 Å². The Kier molecular flexibility index (Phi) is 5.52. The number of fused-ring (bicyclic) bond motifs is 1. The molecule has 1 saturated heterocycles. The van der Waals surface area contributed by atoms with Crippen LogP contribution in [0.25, 0.3) is 27.9 Å². The third-order valence-electron chi connectivity index (χ3n) is 5.73. The highest BCUT2D eigenvalue weighted by molar-refractivity contribution is 6.31. The zero-order valence-electron chi connectivity index (χ0n) is 16.8. The molecule has 0 amide bonds. The summed E-state index contributed by atoms with van der Waals surface area (Å²) >= 11 is 12.2. The number of likely N-dealkylation sites (tertiary alicyclic amines) is 1. The van der Waals surface area contributed by atoms with Crippen LogP contribution in [0.2, 0.25) is 10.0 Å². The number of nitrogens with zero attached hydrogens (tertiary/aromatic N) is 5. The van der Waals surface area contributed by atoms with Gasteiger partial charge in [0, 0.05) is 27.7 Å². The van der Waals surface area contributed by atoms with Crippen molar-refractivity contribution in [1.82, 2.24) is 24.3 Å². The van der Waals surface area contributed by atoms with Gasteiger partial charge in [0.25, 0.3) is 0 Å². The van der Waals surface area contributed by atoms with Gasteiger partial charge < -0.3 is 4.90 Å². The van der Waals surface area contributed by atoms with E-state index in [1.165, 1.54) is 22.0 Å². The lowest BCUT2D eigenvalue weighted by atomic mass is 9.97. The van der Waals surface area contributed by atoms with Crippen LogP contribution in [0.4, 0.5) is 0 Å². The fourth-order valence-electron chi connectivity index (χ4n) is 4.10. The number of halogens is 2. The Hall–Kier alpha value is -2.67. The molecule has 2 aromatic heterocycles. The molecular formula is C23H21Cl2N5O. The van der Waals surface area contributed by atoms with Gasteiger partial charge in [0.15, 0.2) is 5.65 Å². The quantitative estimate of drug-likeness (QED) is 0.442. The summed E-state index contributed by atoms with van der Waals surface area (Å²) in [7, 11) is 0. The second kappa shape index (κ2) is 8.46. The fourth-order valence-corrected chi connectivity index (χ4v) is 4.35. The number of hydrogen-bond donors (Lipinski definition) is 0. The van der Waals surface area contributed by atoms with Gasteiger partial charge in [-0.15, -0.1) is 5.10 Å². The first-order valence-electron chi connectivity index (χ1n) is 10.3. The van der Waals surface area contributed by atoms with Gasteiger partial charge in [-0.25, -0.2) is 9.48 Å². The molecule has 0 bridgehead atoms. The van der Waals surface area contributed by atoms with Crippen molar-refractivity contribution in [3.8, 4) is 22.3 Å². The third kappa shape index (κ3) is 3.99. The van der Waals surface area contributed by atoms with Crippen LogP contribution in [0.5, 0.6) is 0 Å². The minimum Gasteiger partial charge on any atom is -0.301 e. The van der Waals surface area contributed by atoms with Crippen molar-refractivity contribution in [2.45, 2.75) is 19.4 Å². The Morgan fingerprint density at radius 3 is 2.10 bits per heavy atom. The highest BCUT2D eigenvalue weighted by Crippen LogP contribution is 2.34. The molecule has 3 heterocycles. The van der Waals surface area contributed by atoms with Crippen LogP contribution in [0.15, 0.2) is 59.5 Å². The van der Waals surface area contributed by atoms with E-state index in [-0.39, 0.29) is 5.69 Å². The molecule has 1 fully saturated rings. The third-order valence-corrected chi connectivity index (χ3v) is 6.23. The van der Waals surface area contributed by atoms with Gasteiger partial charge in [-0.1, -0.05) is 47.5 Å². The van der Waals surface area contributed by atoms with Crippen molar-refractivity contribution in [3.05, 3.63) is 75.3 Å². The van der Waals surface area contributed by atoms with Gasteiger partial charge in [0.2, 0.25) is 0 Å². The van der Waals surface area contributed by atoms with Gasteiger partial charge in [-0.2, -0.15) is 9.61 Å². The standard InChI is InChI=1S/C23H21Cl2N5O/c24-18-7-3-16(4-8-18)20-15-26-30-22(21(20)17-5-9-19(25)10-6-17)27-29(23(30)31)14-13-28-11-1-2-12-28/h3-10,15H,1-2,11-14H2. The van der Waals surface area contributed by atoms with Crippen LogP contribution in [-0.2, 0) is 6.54 Å². The van der Waals surface area contributed by atoms with Crippen LogP contribution < -0.4 is 5.69 Å². The fraction of sp³-hybridized carbons (Fsp3) is 0.261. The molecule has 0 aliphatic carbocycles. The lowest BCUT2D eigenvalue weighted by Crippen LogP contribution is -2.30. The van der Waals surface area contributed by atoms with E-state index in [0.717, 1.165) is 41.9 Å². The molecule has 8 heteroatoms. The molecule has 1 aliphatic heterocycles. The maximum atomic E-state index is 13.0. The first-order chi connectivity index (χ1) is 15.1. The van der Waals surface area contributed by atoms with E-state index in [2.05, 4.69) is 10.00 Å². The Morgan fingerprint density at radius 1 is 0.839 bits per heavy atom. The summed E-state index contributed by atoms with van der Waals surface area (Å²) in [5, 5.41) is 10.4. The summed E-state index contributed by atoms with van der Waals surface area (Å²) in [6.45, 7) is 3.51. The van der Waals surface area contributed by atoms with Crippen molar-refractivity contribution >= 4 is 28.8 Å². The number of benzene rings is 2. The van der Waals surface area contributed by atoms with Gasteiger partial charge in [-0.05, 0) is 61.3 Å². The summed E-state index contributed by atoms with van der Waals surface area (Å²) in [5.41, 5.74) is 3.88. The largest absolute Gasteiger partial charge is 0.367 e. The second-order valence-electron chi connectivity index (χ2n) is 7.74. The average molecular weight is 454 g/mol. The zero-order valence-corrected chi connectivity index (χ0v) is 18.4. The molecule has 0 radical (unpaired) electrons. The number of hydrogen-bond acceptors (Lipinski definition) is 4. The highest BCUT2D eigenvalue weighted by Gasteiger charge is 2.19. The predicted octanol–water partition coefficient (Wildman–Crippen LogP) is 4.63. The molecule has 31 heavy (non-hydrogen) atoms. The molecule has 158 valence electrons. The summed E-state index contributed by atoms with van der Waals surface area (Å²) in [4.78, 5) is 15.4. The topological polar surface area (TPSA) is 55.4 Å². The van der Waals surface area contributed by atoms with Crippen LogP contribution in [0.1, 0.15) is 12.8 Å². The molecule has 2 aromatic carbocycles. The smallest absolute Gasteiger partial charge is 0.301 e. The minimum absolute atomic E-state index is 0.230. The van der Waals surface area contributed by atoms with Crippen molar-refractivity contribution < 1.29 is 0 Å². The average Bonchev–Trinajstić information content (AvgIpc) is 3.41. The van der Waals surface area contributed by atoms with Crippen molar-refractivity contribution in [2.24, 2.45) is 0 Å². The number of aromatic nitrogens is 4. The molecular weight excluding hydrogens is 433 g/mol. The molecule has 0 atom stereocenters. The van der Waals surface area contributed by atoms with Crippen LogP contribution in [0.3, 0.4) is 0 Å². The van der Waals surface area contributed by atoms with Crippen molar-refractivity contribution in [1.29, 1.82) is 0 Å².